The van der Waals surface area contributed by atoms with Crippen molar-refractivity contribution >= 4 is 30.7 Å². The van der Waals surface area contributed by atoms with Crippen molar-refractivity contribution in [2.75, 3.05) is 39.5 Å². The number of nitrogens with two attached hydrogens (primary N) is 1. The minimum absolute atomic E-state index is 0. The molecule has 3 N–H and O–H groups in total. The molecular weight excluding hydrogens is 432 g/mol. The van der Waals surface area contributed by atoms with Gasteiger partial charge in [-0.3, -0.25) is 9.69 Å². The molecule has 172 valence electrons. The fraction of sp³-hybridized carbons (Fsp3) is 0.667. The highest BCUT2D eigenvalue weighted by atomic mass is 35.5. The molecule has 0 bridgehead atoms. The van der Waals surface area contributed by atoms with Gasteiger partial charge in [0.25, 0.3) is 0 Å². The zero-order valence-electron chi connectivity index (χ0n) is 17.9. The van der Waals surface area contributed by atoms with E-state index in [0.29, 0.717) is 32.8 Å². The second kappa shape index (κ2) is 11.1. The highest BCUT2D eigenvalue weighted by Gasteiger charge is 2.62. The van der Waals surface area contributed by atoms with Crippen LogP contribution in [0.25, 0.3) is 0 Å². The summed E-state index contributed by atoms with van der Waals surface area (Å²) < 4.78 is 24.5. The lowest BCUT2D eigenvalue weighted by atomic mass is 9.54. The Kier molecular flexibility index (Phi) is 9.99. The number of halogens is 3. The van der Waals surface area contributed by atoms with Crippen LogP contribution in [0.4, 0.5) is 4.39 Å². The first-order valence-electron chi connectivity index (χ1n) is 10.1. The monoisotopic (exact) mass is 465 g/mol. The van der Waals surface area contributed by atoms with E-state index in [9.17, 15) is 9.18 Å². The second-order valence-electron chi connectivity index (χ2n) is 8.27. The number of ether oxygens (including phenoxy) is 2. The van der Waals surface area contributed by atoms with Gasteiger partial charge in [-0.25, -0.2) is 4.39 Å². The third-order valence-corrected chi connectivity index (χ3v) is 6.43. The summed E-state index contributed by atoms with van der Waals surface area (Å²) in [5.74, 6) is -0.429. The van der Waals surface area contributed by atoms with Crippen LogP contribution in [-0.4, -0.2) is 61.9 Å². The Morgan fingerprint density at radius 3 is 2.43 bits per heavy atom. The van der Waals surface area contributed by atoms with Gasteiger partial charge >= 0.3 is 0 Å². The lowest BCUT2D eigenvalue weighted by molar-refractivity contribution is -0.170. The molecule has 1 heterocycles. The van der Waals surface area contributed by atoms with Gasteiger partial charge in [-0.1, -0.05) is 26.0 Å². The maximum atomic E-state index is 13.4. The van der Waals surface area contributed by atoms with Crippen molar-refractivity contribution in [1.29, 1.82) is 0 Å². The first kappa shape index (κ1) is 27.1. The standard InChI is InChI=1S/C21H32FN3O3.2ClH/c1-4-28-18-13-21(23,20(18,2)3)19(26)24-14-17(25-9-11-27-12-10-25)15-5-7-16(22)8-6-15;;/h5-8,17-18H,4,9-14,23H2,1-3H3,(H,24,26);2*1H. The van der Waals surface area contributed by atoms with Crippen molar-refractivity contribution in [1.82, 2.24) is 10.2 Å². The fourth-order valence-corrected chi connectivity index (χ4v) is 4.20. The Balaban J connectivity index is 0.00000225. The van der Waals surface area contributed by atoms with Crippen LogP contribution in [0.2, 0.25) is 0 Å². The van der Waals surface area contributed by atoms with Crippen molar-refractivity contribution in [2.45, 2.75) is 44.9 Å². The molecule has 1 saturated heterocycles. The molecule has 0 spiro atoms. The lowest BCUT2D eigenvalue weighted by Crippen LogP contribution is -2.76. The average Bonchev–Trinajstić information content (AvgIpc) is 2.69. The number of nitrogens with zero attached hydrogens (tertiary/aromatic N) is 1. The van der Waals surface area contributed by atoms with E-state index in [1.54, 1.807) is 12.1 Å². The largest absolute Gasteiger partial charge is 0.379 e. The van der Waals surface area contributed by atoms with Crippen LogP contribution < -0.4 is 11.1 Å². The van der Waals surface area contributed by atoms with E-state index in [2.05, 4.69) is 10.2 Å². The SMILES string of the molecule is CCOC1CC(N)(C(=O)NCC(c2ccc(F)cc2)N2CCOCC2)C1(C)C.Cl.Cl. The summed E-state index contributed by atoms with van der Waals surface area (Å²) in [5.41, 5.74) is 6.07. The number of morpholine rings is 1. The van der Waals surface area contributed by atoms with E-state index in [4.69, 9.17) is 15.2 Å². The van der Waals surface area contributed by atoms with Gasteiger partial charge in [0, 0.05) is 38.1 Å². The first-order chi connectivity index (χ1) is 13.3. The third-order valence-electron chi connectivity index (χ3n) is 6.43. The minimum atomic E-state index is -0.953. The van der Waals surface area contributed by atoms with E-state index in [-0.39, 0.29) is 48.7 Å². The topological polar surface area (TPSA) is 76.8 Å². The smallest absolute Gasteiger partial charge is 0.240 e. The van der Waals surface area contributed by atoms with Gasteiger partial charge in [0.1, 0.15) is 11.4 Å². The van der Waals surface area contributed by atoms with Gasteiger partial charge in [0.15, 0.2) is 0 Å². The molecule has 2 aliphatic rings. The lowest BCUT2D eigenvalue weighted by Gasteiger charge is -2.57. The molecule has 6 nitrogen and oxygen atoms in total. The summed E-state index contributed by atoms with van der Waals surface area (Å²) in [6.07, 6.45) is 0.499. The normalized spacial score (nSPS) is 26.5. The predicted octanol–water partition coefficient (Wildman–Crippen LogP) is 2.69. The Bertz CT molecular complexity index is 687. The predicted molar refractivity (Wildman–Crippen MR) is 120 cm³/mol. The molecular formula is C21H34Cl2FN3O3. The highest BCUT2D eigenvalue weighted by Crippen LogP contribution is 2.49. The fourth-order valence-electron chi connectivity index (χ4n) is 4.20. The van der Waals surface area contributed by atoms with Crippen LogP contribution >= 0.6 is 24.8 Å². The van der Waals surface area contributed by atoms with E-state index in [0.717, 1.165) is 18.7 Å². The van der Waals surface area contributed by atoms with Crippen LogP contribution in [0.5, 0.6) is 0 Å². The molecule has 1 aromatic rings. The number of benzene rings is 1. The summed E-state index contributed by atoms with van der Waals surface area (Å²) in [7, 11) is 0. The molecule has 0 aromatic heterocycles. The average molecular weight is 466 g/mol. The molecule has 2 fully saturated rings. The number of carbonyl (C=O) groups is 1. The van der Waals surface area contributed by atoms with Gasteiger partial charge in [0.2, 0.25) is 5.91 Å². The summed E-state index contributed by atoms with van der Waals surface area (Å²) in [6, 6.07) is 6.41. The number of amides is 1. The molecule has 3 rings (SSSR count). The van der Waals surface area contributed by atoms with Crippen LogP contribution in [0.3, 0.4) is 0 Å². The van der Waals surface area contributed by atoms with Gasteiger partial charge in [0.05, 0.1) is 25.4 Å². The van der Waals surface area contributed by atoms with Crippen molar-refractivity contribution < 1.29 is 18.7 Å². The van der Waals surface area contributed by atoms with Crippen LogP contribution in [0.15, 0.2) is 24.3 Å². The summed E-state index contributed by atoms with van der Waals surface area (Å²) >= 11 is 0. The van der Waals surface area contributed by atoms with Gasteiger partial charge in [-0.15, -0.1) is 24.8 Å². The van der Waals surface area contributed by atoms with Crippen molar-refractivity contribution in [3.8, 4) is 0 Å². The molecule has 3 atom stereocenters. The molecule has 0 radical (unpaired) electrons. The molecule has 3 unspecified atom stereocenters. The molecule has 1 amide bonds. The number of nitrogens with one attached hydrogen (secondary N) is 1. The number of rotatable bonds is 7. The number of carbonyl (C=O) groups excluding carboxylic acids is 1. The second-order valence-corrected chi connectivity index (χ2v) is 8.27. The molecule has 1 aliphatic heterocycles. The van der Waals surface area contributed by atoms with Crippen molar-refractivity contribution in [3.63, 3.8) is 0 Å². The van der Waals surface area contributed by atoms with E-state index in [1.165, 1.54) is 12.1 Å². The molecule has 9 heteroatoms. The zero-order chi connectivity index (χ0) is 20.4. The summed E-state index contributed by atoms with van der Waals surface area (Å²) in [5, 5.41) is 3.06. The quantitative estimate of drug-likeness (QED) is 0.647. The number of hydrogen-bond donors (Lipinski definition) is 2. The maximum Gasteiger partial charge on any atom is 0.240 e. The van der Waals surface area contributed by atoms with E-state index >= 15 is 0 Å². The van der Waals surface area contributed by atoms with Gasteiger partial charge < -0.3 is 20.5 Å². The van der Waals surface area contributed by atoms with Crippen molar-refractivity contribution in [2.24, 2.45) is 11.1 Å². The van der Waals surface area contributed by atoms with Gasteiger partial charge in [-0.2, -0.15) is 0 Å². The molecule has 1 aromatic carbocycles. The van der Waals surface area contributed by atoms with E-state index in [1.807, 2.05) is 20.8 Å². The molecule has 1 aliphatic carbocycles. The van der Waals surface area contributed by atoms with Crippen LogP contribution in [0.1, 0.15) is 38.8 Å². The molecule has 1 saturated carbocycles. The third kappa shape index (κ3) is 5.26. The minimum Gasteiger partial charge on any atom is -0.379 e. The summed E-state index contributed by atoms with van der Waals surface area (Å²) in [6.45, 7) is 9.76. The highest BCUT2D eigenvalue weighted by molar-refractivity contribution is 5.88. The molecule has 30 heavy (non-hydrogen) atoms. The first-order valence-corrected chi connectivity index (χ1v) is 10.1. The Morgan fingerprint density at radius 1 is 1.30 bits per heavy atom. The van der Waals surface area contributed by atoms with Crippen LogP contribution in [0, 0.1) is 11.2 Å². The zero-order valence-corrected chi connectivity index (χ0v) is 19.5. The van der Waals surface area contributed by atoms with Gasteiger partial charge in [-0.05, 0) is 24.6 Å². The Morgan fingerprint density at radius 2 is 1.90 bits per heavy atom. The number of hydrogen-bond acceptors (Lipinski definition) is 5. The van der Waals surface area contributed by atoms with Crippen LogP contribution in [-0.2, 0) is 14.3 Å². The van der Waals surface area contributed by atoms with Crippen molar-refractivity contribution in [3.05, 3.63) is 35.6 Å². The van der Waals surface area contributed by atoms with E-state index < -0.39 is 11.0 Å². The maximum absolute atomic E-state index is 13.4. The Hall–Kier alpha value is -0.960. The Labute approximate surface area is 190 Å². The summed E-state index contributed by atoms with van der Waals surface area (Å²) in [4.78, 5) is 15.2.